The van der Waals surface area contributed by atoms with Crippen molar-refractivity contribution in [3.8, 4) is 0 Å². The first-order chi connectivity index (χ1) is 11.8. The molecule has 130 valence electrons. The molecule has 7 nitrogen and oxygen atoms in total. The van der Waals surface area contributed by atoms with Gasteiger partial charge in [-0.25, -0.2) is 0 Å². The Kier molecular flexibility index (Phi) is 3.68. The average molecular weight is 331 g/mol. The topological polar surface area (TPSA) is 87.6 Å². The Balaban J connectivity index is 1.49. The average Bonchev–Trinajstić information content (AvgIpc) is 3.19. The molecular formula is C17H25N5O2. The summed E-state index contributed by atoms with van der Waals surface area (Å²) in [6, 6.07) is 0.354. The van der Waals surface area contributed by atoms with Gasteiger partial charge < -0.3 is 15.2 Å². The lowest BCUT2D eigenvalue weighted by molar-refractivity contribution is 0.0388. The second-order valence-corrected chi connectivity index (χ2v) is 7.82. The summed E-state index contributed by atoms with van der Waals surface area (Å²) in [4.78, 5) is 1.76. The number of aromatic nitrogens is 3. The predicted molar refractivity (Wildman–Crippen MR) is 87.3 cm³/mol. The zero-order valence-electron chi connectivity index (χ0n) is 13.9. The van der Waals surface area contributed by atoms with Gasteiger partial charge in [0.25, 0.3) is 0 Å². The Hall–Kier alpha value is -1.31. The molecule has 1 aromatic rings. The zero-order valence-corrected chi connectivity index (χ0v) is 13.9. The third-order valence-corrected chi connectivity index (χ3v) is 6.42. The highest BCUT2D eigenvalue weighted by Crippen LogP contribution is 2.42. The second kappa shape index (κ2) is 5.89. The van der Waals surface area contributed by atoms with Crippen LogP contribution in [0.4, 0.5) is 0 Å². The smallest absolute Gasteiger partial charge is 0.147 e. The first kappa shape index (κ1) is 15.0. The SMILES string of the molecule is NC1CCC(C2=Nn3nncc3CC3CC4OCOC4CC23)CC1. The molecule has 4 atom stereocenters. The van der Waals surface area contributed by atoms with Gasteiger partial charge in [0.2, 0.25) is 0 Å². The van der Waals surface area contributed by atoms with E-state index in [9.17, 15) is 0 Å². The normalized spacial score (nSPS) is 41.8. The van der Waals surface area contributed by atoms with Crippen LogP contribution in [-0.2, 0) is 15.9 Å². The number of ether oxygens (including phenoxy) is 2. The zero-order chi connectivity index (χ0) is 16.1. The quantitative estimate of drug-likeness (QED) is 0.838. The number of fused-ring (bicyclic) bond motifs is 3. The van der Waals surface area contributed by atoms with Crippen LogP contribution < -0.4 is 5.73 Å². The minimum Gasteiger partial charge on any atom is -0.349 e. The molecule has 1 aromatic heterocycles. The maximum absolute atomic E-state index is 6.12. The lowest BCUT2D eigenvalue weighted by Gasteiger charge is -2.39. The van der Waals surface area contributed by atoms with E-state index in [-0.39, 0.29) is 12.2 Å². The molecule has 5 rings (SSSR count). The van der Waals surface area contributed by atoms with Crippen LogP contribution in [-0.4, -0.2) is 45.9 Å². The summed E-state index contributed by atoms with van der Waals surface area (Å²) in [5.74, 6) is 1.53. The largest absolute Gasteiger partial charge is 0.349 e. The fourth-order valence-electron chi connectivity index (χ4n) is 5.08. The Morgan fingerprint density at radius 2 is 1.88 bits per heavy atom. The fourth-order valence-corrected chi connectivity index (χ4v) is 5.08. The molecule has 7 heteroatoms. The van der Waals surface area contributed by atoms with Crippen LogP contribution in [0, 0.1) is 17.8 Å². The van der Waals surface area contributed by atoms with Crippen molar-refractivity contribution in [2.24, 2.45) is 28.6 Å². The molecule has 1 saturated heterocycles. The summed E-state index contributed by atoms with van der Waals surface area (Å²) >= 11 is 0. The third kappa shape index (κ3) is 2.50. The van der Waals surface area contributed by atoms with Crippen molar-refractivity contribution in [3.63, 3.8) is 0 Å². The Bertz CT molecular complexity index is 637. The van der Waals surface area contributed by atoms with Gasteiger partial charge in [-0.2, -0.15) is 5.10 Å². The highest BCUT2D eigenvalue weighted by molar-refractivity contribution is 5.89. The minimum atomic E-state index is 0.228. The first-order valence-corrected chi connectivity index (χ1v) is 9.25. The van der Waals surface area contributed by atoms with Crippen molar-refractivity contribution in [1.82, 2.24) is 15.1 Å². The van der Waals surface area contributed by atoms with Gasteiger partial charge in [0.05, 0.1) is 24.1 Å². The highest BCUT2D eigenvalue weighted by Gasteiger charge is 2.46. The van der Waals surface area contributed by atoms with Crippen molar-refractivity contribution >= 4 is 5.71 Å². The predicted octanol–water partition coefficient (Wildman–Crippen LogP) is 1.32. The van der Waals surface area contributed by atoms with Crippen LogP contribution in [0.15, 0.2) is 11.3 Å². The van der Waals surface area contributed by atoms with Gasteiger partial charge in [0.1, 0.15) is 6.79 Å². The van der Waals surface area contributed by atoms with E-state index in [1.807, 2.05) is 6.20 Å². The molecule has 0 aromatic carbocycles. The second-order valence-electron chi connectivity index (χ2n) is 7.82. The molecule has 0 radical (unpaired) electrons. The molecule has 0 spiro atoms. The molecule has 4 unspecified atom stereocenters. The summed E-state index contributed by atoms with van der Waals surface area (Å²) in [5, 5.41) is 13.2. The lowest BCUT2D eigenvalue weighted by atomic mass is 9.68. The monoisotopic (exact) mass is 331 g/mol. The summed E-state index contributed by atoms with van der Waals surface area (Å²) in [7, 11) is 0. The van der Waals surface area contributed by atoms with Crippen LogP contribution in [0.2, 0.25) is 0 Å². The van der Waals surface area contributed by atoms with E-state index in [1.165, 1.54) is 5.71 Å². The van der Waals surface area contributed by atoms with E-state index in [0.29, 0.717) is 30.6 Å². The fraction of sp³-hybridized carbons (Fsp3) is 0.824. The number of hydrogen-bond donors (Lipinski definition) is 1. The molecule has 2 N–H and O–H groups in total. The Morgan fingerprint density at radius 3 is 2.71 bits per heavy atom. The van der Waals surface area contributed by atoms with E-state index in [0.717, 1.165) is 50.6 Å². The molecule has 4 aliphatic rings. The van der Waals surface area contributed by atoms with Gasteiger partial charge in [-0.15, -0.1) is 9.89 Å². The molecule has 2 saturated carbocycles. The van der Waals surface area contributed by atoms with Crippen molar-refractivity contribution in [2.45, 2.75) is 63.2 Å². The van der Waals surface area contributed by atoms with E-state index in [1.54, 1.807) is 4.79 Å². The van der Waals surface area contributed by atoms with Crippen LogP contribution in [0.3, 0.4) is 0 Å². The molecular weight excluding hydrogens is 306 g/mol. The molecule has 3 fully saturated rings. The van der Waals surface area contributed by atoms with E-state index < -0.39 is 0 Å². The number of rotatable bonds is 1. The first-order valence-electron chi connectivity index (χ1n) is 9.25. The molecule has 2 aliphatic carbocycles. The van der Waals surface area contributed by atoms with Crippen molar-refractivity contribution in [3.05, 3.63) is 11.9 Å². The van der Waals surface area contributed by atoms with Crippen LogP contribution >= 0.6 is 0 Å². The van der Waals surface area contributed by atoms with Crippen LogP contribution in [0.25, 0.3) is 0 Å². The standard InChI is InChI=1S/C17H25N5O2/c18-12-3-1-10(2-4-12)17-14-7-16-15(23-9-24-16)6-11(14)5-13-8-19-21-22(13)20-17/h8,10-12,14-16H,1-7,9,18H2. The minimum absolute atomic E-state index is 0.228. The van der Waals surface area contributed by atoms with E-state index in [4.69, 9.17) is 20.3 Å². The van der Waals surface area contributed by atoms with Gasteiger partial charge in [-0.05, 0) is 62.0 Å². The lowest BCUT2D eigenvalue weighted by Crippen LogP contribution is -2.43. The van der Waals surface area contributed by atoms with Crippen molar-refractivity contribution in [1.29, 1.82) is 0 Å². The Labute approximate surface area is 141 Å². The van der Waals surface area contributed by atoms with Crippen molar-refractivity contribution < 1.29 is 9.47 Å². The van der Waals surface area contributed by atoms with Crippen LogP contribution in [0.1, 0.15) is 44.2 Å². The van der Waals surface area contributed by atoms with Crippen molar-refractivity contribution in [2.75, 3.05) is 6.79 Å². The number of nitrogens with zero attached hydrogens (tertiary/aromatic N) is 4. The summed E-state index contributed by atoms with van der Waals surface area (Å²) in [6.07, 6.45) is 9.84. The summed E-state index contributed by atoms with van der Waals surface area (Å²) < 4.78 is 11.6. The van der Waals surface area contributed by atoms with Gasteiger partial charge in [-0.1, -0.05) is 0 Å². The number of hydrogen-bond acceptors (Lipinski definition) is 6. The van der Waals surface area contributed by atoms with Gasteiger partial charge in [-0.3, -0.25) is 0 Å². The molecule has 2 aliphatic heterocycles. The molecule has 24 heavy (non-hydrogen) atoms. The van der Waals surface area contributed by atoms with Gasteiger partial charge in [0, 0.05) is 17.7 Å². The summed E-state index contributed by atoms with van der Waals surface area (Å²) in [5.41, 5.74) is 8.54. The Morgan fingerprint density at radius 1 is 1.08 bits per heavy atom. The van der Waals surface area contributed by atoms with E-state index in [2.05, 4.69) is 10.3 Å². The maximum atomic E-state index is 6.12. The van der Waals surface area contributed by atoms with Gasteiger partial charge in [0.15, 0.2) is 0 Å². The number of nitrogens with two attached hydrogens (primary N) is 1. The van der Waals surface area contributed by atoms with E-state index >= 15 is 0 Å². The third-order valence-electron chi connectivity index (χ3n) is 6.42. The van der Waals surface area contributed by atoms with Gasteiger partial charge >= 0.3 is 0 Å². The summed E-state index contributed by atoms with van der Waals surface area (Å²) in [6.45, 7) is 0.443. The molecule has 0 amide bonds. The van der Waals surface area contributed by atoms with Crippen LogP contribution in [0.5, 0.6) is 0 Å². The molecule has 0 bridgehead atoms. The maximum Gasteiger partial charge on any atom is 0.147 e. The molecule has 3 heterocycles. The highest BCUT2D eigenvalue weighted by atomic mass is 16.7.